The molecule has 4 heteroatoms. The third-order valence-electron chi connectivity index (χ3n) is 5.67. The van der Waals surface area contributed by atoms with E-state index in [1.807, 2.05) is 12.3 Å². The second kappa shape index (κ2) is 9.00. The molecule has 0 radical (unpaired) electrons. The third kappa shape index (κ3) is 4.41. The molecule has 5 rings (SSSR count). The normalized spacial score (nSPS) is 16.9. The number of nitrogens with zero attached hydrogens (tertiary/aromatic N) is 2. The van der Waals surface area contributed by atoms with Crippen molar-refractivity contribution in [2.24, 2.45) is 0 Å². The van der Waals surface area contributed by atoms with Gasteiger partial charge in [0.05, 0.1) is 5.52 Å². The van der Waals surface area contributed by atoms with Crippen molar-refractivity contribution in [1.82, 2.24) is 14.6 Å². The van der Waals surface area contributed by atoms with E-state index >= 15 is 0 Å². The number of pyridine rings is 1. The van der Waals surface area contributed by atoms with Gasteiger partial charge in [0.1, 0.15) is 0 Å². The molecular weight excluding hydrogens is 386 g/mol. The summed E-state index contributed by atoms with van der Waals surface area (Å²) in [6, 6.07) is 30.5. The molecule has 1 fully saturated rings. The molecule has 2 heterocycles. The zero-order valence-electron chi connectivity index (χ0n) is 16.9. The fraction of sp³-hybridized carbons (Fsp3) is 0.192. The van der Waals surface area contributed by atoms with Crippen LogP contribution in [0.1, 0.15) is 12.0 Å². The first-order valence-corrected chi connectivity index (χ1v) is 11.3. The highest BCUT2D eigenvalue weighted by molar-refractivity contribution is 7.97. The lowest BCUT2D eigenvalue weighted by atomic mass is 10.0. The van der Waals surface area contributed by atoms with Gasteiger partial charge in [0, 0.05) is 42.2 Å². The van der Waals surface area contributed by atoms with Gasteiger partial charge in [0.25, 0.3) is 0 Å². The molecule has 1 N–H and O–H groups in total. The second-order valence-corrected chi connectivity index (χ2v) is 8.71. The van der Waals surface area contributed by atoms with Gasteiger partial charge in [0.15, 0.2) is 0 Å². The summed E-state index contributed by atoms with van der Waals surface area (Å²) < 4.78 is 3.67. The molecule has 0 unspecified atom stereocenters. The van der Waals surface area contributed by atoms with Gasteiger partial charge in [-0.05, 0) is 47.2 Å². The Morgan fingerprint density at radius 3 is 2.53 bits per heavy atom. The van der Waals surface area contributed by atoms with Crippen molar-refractivity contribution in [3.8, 4) is 11.1 Å². The highest BCUT2D eigenvalue weighted by atomic mass is 32.2. The molecule has 3 nitrogen and oxygen atoms in total. The zero-order chi connectivity index (χ0) is 20.2. The number of aromatic nitrogens is 1. The topological polar surface area (TPSA) is 28.2 Å². The van der Waals surface area contributed by atoms with E-state index in [0.29, 0.717) is 6.04 Å². The summed E-state index contributed by atoms with van der Waals surface area (Å²) in [6.45, 7) is 3.21. The van der Waals surface area contributed by atoms with Crippen molar-refractivity contribution < 1.29 is 0 Å². The quantitative estimate of drug-likeness (QED) is 0.408. The Hall–Kier alpha value is -2.66. The maximum Gasteiger partial charge on any atom is 0.0850 e. The number of hydrogen-bond donors (Lipinski definition) is 1. The number of benzene rings is 3. The van der Waals surface area contributed by atoms with Crippen LogP contribution in [0.2, 0.25) is 0 Å². The summed E-state index contributed by atoms with van der Waals surface area (Å²) in [7, 11) is 0. The third-order valence-corrected chi connectivity index (χ3v) is 6.67. The summed E-state index contributed by atoms with van der Waals surface area (Å²) in [5, 5.41) is 1.19. The van der Waals surface area contributed by atoms with Crippen molar-refractivity contribution in [1.29, 1.82) is 0 Å². The molecule has 0 bridgehead atoms. The maximum atomic E-state index is 4.55. The van der Waals surface area contributed by atoms with Crippen LogP contribution in [0.25, 0.3) is 22.0 Å². The van der Waals surface area contributed by atoms with Gasteiger partial charge in [-0.1, -0.05) is 72.8 Å². The van der Waals surface area contributed by atoms with Crippen LogP contribution >= 0.6 is 11.9 Å². The lowest BCUT2D eigenvalue weighted by molar-refractivity contribution is 0.325. The van der Waals surface area contributed by atoms with Crippen molar-refractivity contribution in [3.63, 3.8) is 0 Å². The van der Waals surface area contributed by atoms with Crippen molar-refractivity contribution in [2.75, 3.05) is 13.1 Å². The molecule has 0 aliphatic carbocycles. The van der Waals surface area contributed by atoms with Crippen molar-refractivity contribution in [2.45, 2.75) is 23.9 Å². The van der Waals surface area contributed by atoms with Gasteiger partial charge in [-0.3, -0.25) is 14.6 Å². The van der Waals surface area contributed by atoms with Gasteiger partial charge in [0.2, 0.25) is 0 Å². The van der Waals surface area contributed by atoms with E-state index in [1.165, 1.54) is 33.4 Å². The number of nitrogens with one attached hydrogen (secondary N) is 1. The Balaban J connectivity index is 1.16. The van der Waals surface area contributed by atoms with E-state index in [2.05, 4.69) is 93.5 Å². The first kappa shape index (κ1) is 19.3. The van der Waals surface area contributed by atoms with Gasteiger partial charge >= 0.3 is 0 Å². The van der Waals surface area contributed by atoms with E-state index in [9.17, 15) is 0 Å². The molecular formula is C26H25N3S. The monoisotopic (exact) mass is 411 g/mol. The SMILES string of the molecule is c1ccc(-c2ccc(CN3CC[C@@H](NSc4cccc5cccnc45)C3)cc2)cc1. The van der Waals surface area contributed by atoms with Crippen LogP contribution in [0.3, 0.4) is 0 Å². The lowest BCUT2D eigenvalue weighted by Gasteiger charge is -2.17. The van der Waals surface area contributed by atoms with Crippen LogP contribution in [0.15, 0.2) is 96.0 Å². The molecule has 1 atom stereocenters. The highest BCUT2D eigenvalue weighted by Gasteiger charge is 2.22. The molecule has 1 saturated heterocycles. The number of hydrogen-bond acceptors (Lipinski definition) is 4. The van der Waals surface area contributed by atoms with E-state index in [-0.39, 0.29) is 0 Å². The molecule has 4 aromatic rings. The largest absolute Gasteiger partial charge is 0.297 e. The average Bonchev–Trinajstić information content (AvgIpc) is 3.26. The standard InChI is InChI=1S/C26H25N3S/c1-2-6-21(7-3-1)22-13-11-20(12-14-22)18-29-17-15-24(19-29)28-30-25-10-4-8-23-9-5-16-27-26(23)25/h1-14,16,24,28H,15,17-19H2/t24-/m1/s1. The van der Waals surface area contributed by atoms with Gasteiger partial charge < -0.3 is 0 Å². The summed E-state index contributed by atoms with van der Waals surface area (Å²) >= 11 is 1.72. The fourth-order valence-corrected chi connectivity index (χ4v) is 4.97. The van der Waals surface area contributed by atoms with Gasteiger partial charge in [-0.25, -0.2) is 0 Å². The predicted octanol–water partition coefficient (Wildman–Crippen LogP) is 5.77. The van der Waals surface area contributed by atoms with Gasteiger partial charge in [-0.15, -0.1) is 0 Å². The minimum Gasteiger partial charge on any atom is -0.297 e. The summed E-state index contributed by atoms with van der Waals surface area (Å²) in [4.78, 5) is 8.29. The molecule has 0 amide bonds. The molecule has 1 aliphatic rings. The van der Waals surface area contributed by atoms with E-state index in [0.717, 1.165) is 25.2 Å². The van der Waals surface area contributed by atoms with Crippen LogP contribution in [0.4, 0.5) is 0 Å². The van der Waals surface area contributed by atoms with Crippen molar-refractivity contribution in [3.05, 3.63) is 96.7 Å². The van der Waals surface area contributed by atoms with Gasteiger partial charge in [-0.2, -0.15) is 0 Å². The van der Waals surface area contributed by atoms with Crippen molar-refractivity contribution >= 4 is 22.9 Å². The number of para-hydroxylation sites is 1. The van der Waals surface area contributed by atoms with E-state index < -0.39 is 0 Å². The molecule has 0 saturated carbocycles. The smallest absolute Gasteiger partial charge is 0.0850 e. The Morgan fingerprint density at radius 2 is 1.67 bits per heavy atom. The summed E-state index contributed by atoms with van der Waals surface area (Å²) in [5.74, 6) is 0. The van der Waals surface area contributed by atoms with Crippen LogP contribution in [-0.4, -0.2) is 29.0 Å². The van der Waals surface area contributed by atoms with Crippen LogP contribution < -0.4 is 4.72 Å². The molecule has 30 heavy (non-hydrogen) atoms. The molecule has 3 aromatic carbocycles. The minimum absolute atomic E-state index is 0.498. The zero-order valence-corrected chi connectivity index (χ0v) is 17.7. The Morgan fingerprint density at radius 1 is 0.867 bits per heavy atom. The Labute approximate surface area is 182 Å². The Bertz CT molecular complexity index is 1110. The second-order valence-electron chi connectivity index (χ2n) is 7.83. The number of rotatable bonds is 6. The van der Waals surface area contributed by atoms with E-state index in [4.69, 9.17) is 0 Å². The number of likely N-dealkylation sites (tertiary alicyclic amines) is 1. The lowest BCUT2D eigenvalue weighted by Crippen LogP contribution is -2.28. The highest BCUT2D eigenvalue weighted by Crippen LogP contribution is 2.26. The molecule has 150 valence electrons. The molecule has 0 spiro atoms. The first-order valence-electron chi connectivity index (χ1n) is 10.5. The average molecular weight is 412 g/mol. The van der Waals surface area contributed by atoms with Crippen LogP contribution in [0.5, 0.6) is 0 Å². The fourth-order valence-electron chi connectivity index (χ4n) is 4.07. The predicted molar refractivity (Wildman–Crippen MR) is 126 cm³/mol. The van der Waals surface area contributed by atoms with E-state index in [1.54, 1.807) is 11.9 Å². The Kier molecular flexibility index (Phi) is 5.80. The summed E-state index contributed by atoms with van der Waals surface area (Å²) in [6.07, 6.45) is 3.04. The number of fused-ring (bicyclic) bond motifs is 1. The van der Waals surface area contributed by atoms with Crippen LogP contribution in [0, 0.1) is 0 Å². The summed E-state index contributed by atoms with van der Waals surface area (Å²) in [5.41, 5.74) is 5.00. The van der Waals surface area contributed by atoms with Crippen LogP contribution in [-0.2, 0) is 6.54 Å². The molecule has 1 aromatic heterocycles. The minimum atomic E-state index is 0.498. The maximum absolute atomic E-state index is 4.55. The first-order chi connectivity index (χ1) is 14.8. The molecule has 1 aliphatic heterocycles.